The van der Waals surface area contributed by atoms with Crippen molar-refractivity contribution in [3.63, 3.8) is 0 Å². The molecule has 9 atom stereocenters. The van der Waals surface area contributed by atoms with E-state index in [-0.39, 0.29) is 66.3 Å². The third kappa shape index (κ3) is 15.6. The van der Waals surface area contributed by atoms with E-state index in [9.17, 15) is 24.0 Å². The van der Waals surface area contributed by atoms with Crippen LogP contribution in [-0.4, -0.2) is 133 Å². The number of benzene rings is 2. The van der Waals surface area contributed by atoms with Crippen molar-refractivity contribution in [2.45, 2.75) is 136 Å². The van der Waals surface area contributed by atoms with Gasteiger partial charge in [0.15, 0.2) is 0 Å². The first-order valence-corrected chi connectivity index (χ1v) is 22.9. The number of rotatable bonds is 26. The average molecular weight is 876 g/mol. The number of nitrogens with one attached hydrogen (secondary N) is 2. The predicted molar refractivity (Wildman–Crippen MR) is 249 cm³/mol. The minimum Gasteiger partial charge on any atom is -0.481 e. The second kappa shape index (κ2) is 26.3. The van der Waals surface area contributed by atoms with Crippen LogP contribution in [0.15, 0.2) is 66.7 Å². The SMILES string of the molecule is CC[C@H](C)[C@@H]([C@@H](CC(=O)N1CCC[C@H]1[C@H](OC)[C@@H](C)C(=O)N[C@H](C=Cc1ccccc1)Cc1ccccc1)OC)N(C)C(=O)[C@@H](NC(=O)[C@H](C(C)C)N(C)CCCC(=O)O)C(C)C. The van der Waals surface area contributed by atoms with E-state index in [0.29, 0.717) is 38.8 Å². The molecule has 1 aliphatic rings. The largest absolute Gasteiger partial charge is 0.481 e. The normalized spacial score (nSPS) is 18.1. The first-order chi connectivity index (χ1) is 29.9. The highest BCUT2D eigenvalue weighted by Gasteiger charge is 2.43. The fourth-order valence-corrected chi connectivity index (χ4v) is 9.05. The second-order valence-electron chi connectivity index (χ2n) is 18.1. The number of aliphatic carboxylic acids is 1. The van der Waals surface area contributed by atoms with Crippen LogP contribution in [0.25, 0.3) is 6.08 Å². The van der Waals surface area contributed by atoms with Gasteiger partial charge >= 0.3 is 5.97 Å². The zero-order valence-electron chi connectivity index (χ0n) is 39.8. The summed E-state index contributed by atoms with van der Waals surface area (Å²) in [5.74, 6) is -2.76. The molecule has 0 aromatic heterocycles. The molecule has 1 aliphatic heterocycles. The number of likely N-dealkylation sites (tertiary alicyclic amines) is 1. The molecule has 1 fully saturated rings. The molecular weight excluding hydrogens is 799 g/mol. The molecule has 0 bridgehead atoms. The highest BCUT2D eigenvalue weighted by atomic mass is 16.5. The lowest BCUT2D eigenvalue weighted by Gasteiger charge is -2.41. The first kappa shape index (κ1) is 52.8. The lowest BCUT2D eigenvalue weighted by atomic mass is 9.89. The van der Waals surface area contributed by atoms with E-state index in [0.717, 1.165) is 17.5 Å². The number of hydrogen-bond acceptors (Lipinski definition) is 8. The number of carboxylic acid groups (broad SMARTS) is 1. The Morgan fingerprint density at radius 2 is 1.51 bits per heavy atom. The van der Waals surface area contributed by atoms with E-state index in [1.54, 1.807) is 33.2 Å². The number of carboxylic acids is 1. The number of carbonyl (C=O) groups is 5. The van der Waals surface area contributed by atoms with Crippen LogP contribution >= 0.6 is 0 Å². The number of nitrogens with zero attached hydrogens (tertiary/aromatic N) is 3. The van der Waals surface area contributed by atoms with Gasteiger partial charge in [-0.2, -0.15) is 0 Å². The smallest absolute Gasteiger partial charge is 0.303 e. The topological polar surface area (TPSA) is 158 Å². The van der Waals surface area contributed by atoms with Crippen LogP contribution in [0, 0.1) is 23.7 Å². The predicted octanol–water partition coefficient (Wildman–Crippen LogP) is 6.31. The zero-order chi connectivity index (χ0) is 46.8. The van der Waals surface area contributed by atoms with Crippen molar-refractivity contribution >= 4 is 35.7 Å². The van der Waals surface area contributed by atoms with Crippen LogP contribution < -0.4 is 10.6 Å². The summed E-state index contributed by atoms with van der Waals surface area (Å²) in [5, 5.41) is 15.4. The van der Waals surface area contributed by atoms with Crippen molar-refractivity contribution in [1.82, 2.24) is 25.3 Å². The molecule has 4 amide bonds. The van der Waals surface area contributed by atoms with Crippen LogP contribution in [0.3, 0.4) is 0 Å². The molecule has 2 aromatic rings. The summed E-state index contributed by atoms with van der Waals surface area (Å²) in [7, 11) is 6.67. The van der Waals surface area contributed by atoms with Crippen molar-refractivity contribution in [3.05, 3.63) is 77.9 Å². The number of hydrogen-bond donors (Lipinski definition) is 3. The van der Waals surface area contributed by atoms with Gasteiger partial charge in [0.2, 0.25) is 23.6 Å². The van der Waals surface area contributed by atoms with Crippen LogP contribution in [0.2, 0.25) is 0 Å². The van der Waals surface area contributed by atoms with Crippen molar-refractivity contribution in [1.29, 1.82) is 0 Å². The number of ether oxygens (including phenoxy) is 2. The molecule has 13 nitrogen and oxygen atoms in total. The summed E-state index contributed by atoms with van der Waals surface area (Å²) in [5.41, 5.74) is 2.13. The summed E-state index contributed by atoms with van der Waals surface area (Å²) >= 11 is 0. The maximum Gasteiger partial charge on any atom is 0.303 e. The molecule has 0 aliphatic carbocycles. The number of methoxy groups -OCH3 is 2. The van der Waals surface area contributed by atoms with Crippen molar-refractivity contribution < 1.29 is 38.6 Å². The Labute approximate surface area is 377 Å². The fourth-order valence-electron chi connectivity index (χ4n) is 9.05. The van der Waals surface area contributed by atoms with Gasteiger partial charge in [0, 0.05) is 34.2 Å². The molecule has 1 saturated heterocycles. The van der Waals surface area contributed by atoms with E-state index < -0.39 is 42.2 Å². The zero-order valence-corrected chi connectivity index (χ0v) is 39.8. The maximum atomic E-state index is 14.5. The number of carbonyl (C=O) groups excluding carboxylic acids is 4. The molecule has 0 unspecified atom stereocenters. The molecule has 3 N–H and O–H groups in total. The second-order valence-corrected chi connectivity index (χ2v) is 18.1. The van der Waals surface area contributed by atoms with Crippen molar-refractivity contribution in [2.75, 3.05) is 41.4 Å². The molecule has 1 heterocycles. The molecule has 0 spiro atoms. The first-order valence-electron chi connectivity index (χ1n) is 22.9. The highest BCUT2D eigenvalue weighted by molar-refractivity contribution is 5.90. The van der Waals surface area contributed by atoms with E-state index >= 15 is 0 Å². The third-order valence-electron chi connectivity index (χ3n) is 12.7. The Kier molecular flexibility index (Phi) is 22.0. The number of amides is 4. The Bertz CT molecular complexity index is 1760. The Balaban J connectivity index is 1.79. The van der Waals surface area contributed by atoms with Gasteiger partial charge in [-0.3, -0.25) is 28.9 Å². The van der Waals surface area contributed by atoms with Gasteiger partial charge in [0.05, 0.1) is 48.7 Å². The van der Waals surface area contributed by atoms with E-state index in [1.807, 2.05) is 131 Å². The Morgan fingerprint density at radius 3 is 2.06 bits per heavy atom. The minimum absolute atomic E-state index is 0.000372. The average Bonchev–Trinajstić information content (AvgIpc) is 3.74. The lowest BCUT2D eigenvalue weighted by molar-refractivity contribution is -0.148. The molecule has 0 saturated carbocycles. The van der Waals surface area contributed by atoms with Gasteiger partial charge in [0.1, 0.15) is 6.04 Å². The summed E-state index contributed by atoms with van der Waals surface area (Å²) in [6.07, 6.45) is 5.97. The van der Waals surface area contributed by atoms with Crippen LogP contribution in [-0.2, 0) is 39.9 Å². The quantitative estimate of drug-likeness (QED) is 0.0986. The van der Waals surface area contributed by atoms with Gasteiger partial charge in [0.25, 0.3) is 0 Å². The molecule has 0 radical (unpaired) electrons. The van der Waals surface area contributed by atoms with E-state index in [4.69, 9.17) is 14.6 Å². The van der Waals surface area contributed by atoms with Crippen LogP contribution in [0.4, 0.5) is 0 Å². The molecule has 350 valence electrons. The van der Waals surface area contributed by atoms with Gasteiger partial charge < -0.3 is 35.0 Å². The van der Waals surface area contributed by atoms with Gasteiger partial charge in [-0.25, -0.2) is 0 Å². The summed E-state index contributed by atoms with van der Waals surface area (Å²) in [4.78, 5) is 73.3. The van der Waals surface area contributed by atoms with Crippen molar-refractivity contribution in [3.8, 4) is 0 Å². The monoisotopic (exact) mass is 876 g/mol. The summed E-state index contributed by atoms with van der Waals surface area (Å²) in [6.45, 7) is 14.5. The third-order valence-corrected chi connectivity index (χ3v) is 12.7. The van der Waals surface area contributed by atoms with Gasteiger partial charge in [-0.1, -0.05) is 128 Å². The fraction of sp³-hybridized carbons (Fsp3) is 0.620. The molecule has 2 aromatic carbocycles. The molecule has 3 rings (SSSR count). The van der Waals surface area contributed by atoms with Crippen molar-refractivity contribution in [2.24, 2.45) is 23.7 Å². The van der Waals surface area contributed by atoms with Crippen LogP contribution in [0.1, 0.15) is 98.1 Å². The Hall–Kier alpha value is -4.59. The van der Waals surface area contributed by atoms with Crippen LogP contribution in [0.5, 0.6) is 0 Å². The highest BCUT2D eigenvalue weighted by Crippen LogP contribution is 2.30. The number of likely N-dealkylation sites (N-methyl/N-ethyl adjacent to an activating group) is 2. The molecular formula is C50H77N5O8. The van der Waals surface area contributed by atoms with Gasteiger partial charge in [-0.15, -0.1) is 0 Å². The molecule has 13 heteroatoms. The minimum atomic E-state index is -0.889. The lowest BCUT2D eigenvalue weighted by Crippen LogP contribution is -2.60. The van der Waals surface area contributed by atoms with E-state index in [2.05, 4.69) is 10.6 Å². The van der Waals surface area contributed by atoms with E-state index in [1.165, 1.54) is 0 Å². The van der Waals surface area contributed by atoms with Gasteiger partial charge in [-0.05, 0) is 68.2 Å². The summed E-state index contributed by atoms with van der Waals surface area (Å²) < 4.78 is 12.2. The standard InChI is InChI=1S/C50H77N5O8/c1-12-35(6)46(54(9)50(61)44(33(2)3)52-49(60)45(34(4)5)53(8)29-20-26-43(57)58)41(62-10)32-42(56)55-30-19-25-40(55)47(63-11)36(7)48(59)51-39(31-38-23-17-14-18-24-38)28-27-37-21-15-13-16-22-37/h13-18,21-24,27-28,33-36,39-41,44-47H,12,19-20,25-26,29-32H2,1-11H3,(H,51,59)(H,52,60)(H,57,58)/t35-,36+,39+,40-,41+,44-,45-,46-,47+/m0/s1. The maximum absolute atomic E-state index is 14.5. The molecule has 63 heavy (non-hydrogen) atoms. The summed E-state index contributed by atoms with van der Waals surface area (Å²) in [6, 6.07) is 17.5. The Morgan fingerprint density at radius 1 is 0.873 bits per heavy atom.